The molecular formula is C14H12ClFO. The Bertz CT molecular complexity index is 539. The minimum absolute atomic E-state index is 0.0264. The van der Waals surface area contributed by atoms with Gasteiger partial charge in [-0.05, 0) is 18.6 Å². The van der Waals surface area contributed by atoms with Gasteiger partial charge in [-0.15, -0.1) is 0 Å². The minimum atomic E-state index is -0.905. The number of halogens is 2. The second-order valence-electron chi connectivity index (χ2n) is 3.96. The van der Waals surface area contributed by atoms with Crippen molar-refractivity contribution < 1.29 is 9.50 Å². The summed E-state index contributed by atoms with van der Waals surface area (Å²) < 4.78 is 13.3. The van der Waals surface area contributed by atoms with E-state index in [4.69, 9.17) is 11.6 Å². The maximum absolute atomic E-state index is 13.3. The Morgan fingerprint density at radius 2 is 1.88 bits per heavy atom. The van der Waals surface area contributed by atoms with Gasteiger partial charge in [-0.2, -0.15) is 0 Å². The third-order valence-electron chi connectivity index (χ3n) is 2.63. The van der Waals surface area contributed by atoms with Crippen molar-refractivity contribution in [2.24, 2.45) is 0 Å². The Kier molecular flexibility index (Phi) is 3.46. The Balaban J connectivity index is 2.44. The van der Waals surface area contributed by atoms with Crippen LogP contribution in [0.2, 0.25) is 5.02 Å². The summed E-state index contributed by atoms with van der Waals surface area (Å²) in [5.41, 5.74) is 2.13. The minimum Gasteiger partial charge on any atom is -0.384 e. The van der Waals surface area contributed by atoms with Crippen LogP contribution in [0.15, 0.2) is 42.5 Å². The molecule has 1 unspecified atom stereocenters. The molecule has 1 atom stereocenters. The number of aliphatic hydroxyl groups excluding tert-OH is 1. The summed E-state index contributed by atoms with van der Waals surface area (Å²) in [6.07, 6.45) is -0.905. The van der Waals surface area contributed by atoms with Crippen LogP contribution < -0.4 is 0 Å². The molecule has 0 fully saturated rings. The number of rotatable bonds is 2. The van der Waals surface area contributed by atoms with Crippen molar-refractivity contribution in [1.29, 1.82) is 0 Å². The van der Waals surface area contributed by atoms with Crippen molar-refractivity contribution in [2.75, 3.05) is 0 Å². The van der Waals surface area contributed by atoms with Gasteiger partial charge in [-0.3, -0.25) is 0 Å². The van der Waals surface area contributed by atoms with E-state index in [0.717, 1.165) is 5.56 Å². The number of aliphatic hydroxyl groups is 1. The van der Waals surface area contributed by atoms with Gasteiger partial charge in [-0.1, -0.05) is 53.6 Å². The quantitative estimate of drug-likeness (QED) is 0.858. The van der Waals surface area contributed by atoms with Gasteiger partial charge in [0.2, 0.25) is 0 Å². The van der Waals surface area contributed by atoms with Crippen LogP contribution >= 0.6 is 11.6 Å². The zero-order chi connectivity index (χ0) is 12.4. The summed E-state index contributed by atoms with van der Waals surface area (Å²) in [4.78, 5) is 0. The molecule has 3 heteroatoms. The van der Waals surface area contributed by atoms with Crippen LogP contribution in [0.1, 0.15) is 22.8 Å². The van der Waals surface area contributed by atoms with E-state index in [1.54, 1.807) is 12.1 Å². The predicted molar refractivity (Wildman–Crippen MR) is 66.7 cm³/mol. The first kappa shape index (κ1) is 12.1. The second kappa shape index (κ2) is 4.86. The molecule has 17 heavy (non-hydrogen) atoms. The first-order valence-electron chi connectivity index (χ1n) is 5.28. The highest BCUT2D eigenvalue weighted by atomic mass is 35.5. The predicted octanol–water partition coefficient (Wildman–Crippen LogP) is 3.87. The lowest BCUT2D eigenvalue weighted by Gasteiger charge is -2.14. The number of benzene rings is 2. The van der Waals surface area contributed by atoms with E-state index in [9.17, 15) is 9.50 Å². The maximum Gasteiger partial charge on any atom is 0.142 e. The normalized spacial score (nSPS) is 12.5. The molecule has 0 aromatic heterocycles. The van der Waals surface area contributed by atoms with Gasteiger partial charge in [0.05, 0.1) is 5.02 Å². The van der Waals surface area contributed by atoms with Crippen molar-refractivity contribution >= 4 is 11.6 Å². The zero-order valence-corrected chi connectivity index (χ0v) is 10.1. The van der Waals surface area contributed by atoms with Crippen LogP contribution in [0.5, 0.6) is 0 Å². The molecule has 0 aliphatic carbocycles. The molecule has 1 N–H and O–H groups in total. The number of hydrogen-bond donors (Lipinski definition) is 1. The lowest BCUT2D eigenvalue weighted by atomic mass is 10.00. The summed E-state index contributed by atoms with van der Waals surface area (Å²) >= 11 is 5.84. The topological polar surface area (TPSA) is 20.2 Å². The summed E-state index contributed by atoms with van der Waals surface area (Å²) in [5.74, 6) is -0.518. The maximum atomic E-state index is 13.3. The molecule has 0 aliphatic rings. The Morgan fingerprint density at radius 3 is 2.59 bits per heavy atom. The van der Waals surface area contributed by atoms with Crippen LogP contribution in [0.3, 0.4) is 0 Å². The summed E-state index contributed by atoms with van der Waals surface area (Å²) in [6, 6.07) is 11.9. The molecule has 0 bridgehead atoms. The van der Waals surface area contributed by atoms with Crippen LogP contribution in [-0.4, -0.2) is 5.11 Å². The summed E-state index contributed by atoms with van der Waals surface area (Å²) in [6.45, 7) is 1.93. The average molecular weight is 251 g/mol. The smallest absolute Gasteiger partial charge is 0.142 e. The Hall–Kier alpha value is -1.38. The molecule has 88 valence electrons. The van der Waals surface area contributed by atoms with Crippen molar-refractivity contribution in [1.82, 2.24) is 0 Å². The van der Waals surface area contributed by atoms with Crippen LogP contribution in [0.25, 0.3) is 0 Å². The average Bonchev–Trinajstić information content (AvgIpc) is 2.32. The van der Waals surface area contributed by atoms with E-state index in [-0.39, 0.29) is 5.02 Å². The fourth-order valence-corrected chi connectivity index (χ4v) is 1.98. The number of hydrogen-bond acceptors (Lipinski definition) is 1. The van der Waals surface area contributed by atoms with E-state index in [1.807, 2.05) is 25.1 Å². The van der Waals surface area contributed by atoms with Crippen LogP contribution in [0, 0.1) is 12.7 Å². The third kappa shape index (κ3) is 2.48. The fraction of sp³-hybridized carbons (Fsp3) is 0.143. The summed E-state index contributed by atoms with van der Waals surface area (Å²) in [5, 5.41) is 10.1. The van der Waals surface area contributed by atoms with Crippen LogP contribution in [0.4, 0.5) is 4.39 Å². The molecule has 0 amide bonds. The van der Waals surface area contributed by atoms with Gasteiger partial charge in [0.25, 0.3) is 0 Å². The Labute approximate surface area is 104 Å². The van der Waals surface area contributed by atoms with Crippen molar-refractivity contribution in [2.45, 2.75) is 13.0 Å². The molecule has 0 saturated heterocycles. The van der Waals surface area contributed by atoms with Crippen molar-refractivity contribution in [3.8, 4) is 0 Å². The van der Waals surface area contributed by atoms with Gasteiger partial charge >= 0.3 is 0 Å². The molecule has 0 saturated carbocycles. The first-order chi connectivity index (χ1) is 8.09. The monoisotopic (exact) mass is 250 g/mol. The highest BCUT2D eigenvalue weighted by Gasteiger charge is 2.16. The highest BCUT2D eigenvalue weighted by Crippen LogP contribution is 2.30. The molecular weight excluding hydrogens is 239 g/mol. The van der Waals surface area contributed by atoms with Gasteiger partial charge in [0.15, 0.2) is 0 Å². The van der Waals surface area contributed by atoms with Crippen LogP contribution in [-0.2, 0) is 0 Å². The van der Waals surface area contributed by atoms with E-state index in [1.165, 1.54) is 12.1 Å². The van der Waals surface area contributed by atoms with E-state index in [2.05, 4.69) is 0 Å². The molecule has 2 rings (SSSR count). The molecule has 0 heterocycles. The zero-order valence-electron chi connectivity index (χ0n) is 9.32. The lowest BCUT2D eigenvalue weighted by molar-refractivity contribution is 0.220. The van der Waals surface area contributed by atoms with Gasteiger partial charge in [-0.25, -0.2) is 4.39 Å². The molecule has 2 aromatic rings. The standard InChI is InChI=1S/C14H12ClFO/c1-9-4-2-5-10(8-9)14(17)11-6-3-7-12(16)13(11)15/h2-8,14,17H,1H3. The van der Waals surface area contributed by atoms with E-state index >= 15 is 0 Å². The molecule has 2 aromatic carbocycles. The molecule has 0 spiro atoms. The first-order valence-corrected chi connectivity index (χ1v) is 5.66. The van der Waals surface area contributed by atoms with Crippen molar-refractivity contribution in [3.63, 3.8) is 0 Å². The van der Waals surface area contributed by atoms with Gasteiger partial charge < -0.3 is 5.11 Å². The highest BCUT2D eigenvalue weighted by molar-refractivity contribution is 6.31. The second-order valence-corrected chi connectivity index (χ2v) is 4.34. The lowest BCUT2D eigenvalue weighted by Crippen LogP contribution is -2.01. The fourth-order valence-electron chi connectivity index (χ4n) is 1.75. The summed E-state index contributed by atoms with van der Waals surface area (Å²) in [7, 11) is 0. The number of aryl methyl sites for hydroxylation is 1. The molecule has 0 aliphatic heterocycles. The molecule has 1 nitrogen and oxygen atoms in total. The molecule has 0 radical (unpaired) electrons. The van der Waals surface area contributed by atoms with Gasteiger partial charge in [0.1, 0.15) is 11.9 Å². The Morgan fingerprint density at radius 1 is 1.18 bits per heavy atom. The van der Waals surface area contributed by atoms with E-state index in [0.29, 0.717) is 11.1 Å². The largest absolute Gasteiger partial charge is 0.384 e. The van der Waals surface area contributed by atoms with Crippen molar-refractivity contribution in [3.05, 3.63) is 70.0 Å². The third-order valence-corrected chi connectivity index (χ3v) is 3.03. The SMILES string of the molecule is Cc1cccc(C(O)c2cccc(F)c2Cl)c1. The van der Waals surface area contributed by atoms with Gasteiger partial charge in [0, 0.05) is 5.56 Å². The van der Waals surface area contributed by atoms with E-state index < -0.39 is 11.9 Å².